The Morgan fingerprint density at radius 1 is 1.17 bits per heavy atom. The first-order valence-corrected chi connectivity index (χ1v) is 12.9. The first-order valence-electron chi connectivity index (χ1n) is 12.0. The second kappa shape index (κ2) is 11.4. The number of piperidine rings is 1. The Hall–Kier alpha value is -3.02. The van der Waals surface area contributed by atoms with Crippen molar-refractivity contribution in [2.24, 2.45) is 0 Å². The lowest BCUT2D eigenvalue weighted by molar-refractivity contribution is -0.187. The maximum Gasteiger partial charge on any atom is 0.254 e. The number of carbonyl (C=O) groups is 3. The van der Waals surface area contributed by atoms with Gasteiger partial charge in [0.15, 0.2) is 10.9 Å². The van der Waals surface area contributed by atoms with Gasteiger partial charge in [-0.25, -0.2) is 4.98 Å². The summed E-state index contributed by atoms with van der Waals surface area (Å²) in [6.07, 6.45) is 1.49. The molecule has 1 spiro atoms. The van der Waals surface area contributed by atoms with Crippen LogP contribution in [0.2, 0.25) is 0 Å². The zero-order valence-corrected chi connectivity index (χ0v) is 21.6. The molecule has 0 aliphatic carbocycles. The normalized spacial score (nSPS) is 16.8. The van der Waals surface area contributed by atoms with Crippen LogP contribution in [0.4, 0.5) is 5.13 Å². The minimum atomic E-state index is -0.520. The van der Waals surface area contributed by atoms with Crippen LogP contribution in [0.15, 0.2) is 29.6 Å². The molecule has 0 unspecified atom stereocenters. The van der Waals surface area contributed by atoms with Crippen LogP contribution in [-0.4, -0.2) is 84.3 Å². The molecular formula is C25H32N4O6S. The van der Waals surface area contributed by atoms with E-state index in [1.165, 1.54) is 16.2 Å². The van der Waals surface area contributed by atoms with Crippen LogP contribution in [0.1, 0.15) is 42.7 Å². The quantitative estimate of drug-likeness (QED) is 0.574. The second-order valence-corrected chi connectivity index (χ2v) is 9.97. The van der Waals surface area contributed by atoms with Gasteiger partial charge in [-0.15, -0.1) is 11.3 Å². The molecule has 3 amide bonds. The summed E-state index contributed by atoms with van der Waals surface area (Å²) in [4.78, 5) is 46.1. The Morgan fingerprint density at radius 3 is 2.44 bits per heavy atom. The van der Waals surface area contributed by atoms with Gasteiger partial charge in [0.05, 0.1) is 32.4 Å². The molecule has 2 aliphatic heterocycles. The number of carbonyl (C=O) groups excluding carboxylic acids is 3. The smallest absolute Gasteiger partial charge is 0.254 e. The summed E-state index contributed by atoms with van der Waals surface area (Å²) in [7, 11) is 1.56. The van der Waals surface area contributed by atoms with Gasteiger partial charge < -0.3 is 29.3 Å². The number of methoxy groups -OCH3 is 1. The van der Waals surface area contributed by atoms with Crippen molar-refractivity contribution in [2.45, 2.75) is 44.9 Å². The number of aromatic nitrogens is 1. The number of hydrogen-bond acceptors (Lipinski definition) is 8. The maximum atomic E-state index is 13.0. The molecule has 2 aliphatic rings. The molecule has 2 fully saturated rings. The minimum absolute atomic E-state index is 0.0119. The highest BCUT2D eigenvalue weighted by atomic mass is 32.1. The van der Waals surface area contributed by atoms with Crippen LogP contribution >= 0.6 is 11.3 Å². The summed E-state index contributed by atoms with van der Waals surface area (Å²) >= 11 is 1.25. The molecule has 2 aromatic rings. The van der Waals surface area contributed by atoms with E-state index in [1.807, 2.05) is 13.8 Å². The van der Waals surface area contributed by atoms with E-state index >= 15 is 0 Å². The summed E-state index contributed by atoms with van der Waals surface area (Å²) in [5.41, 5.74) is 1.08. The fourth-order valence-electron chi connectivity index (χ4n) is 4.30. The van der Waals surface area contributed by atoms with E-state index in [4.69, 9.17) is 14.2 Å². The molecule has 0 saturated carbocycles. The average molecular weight is 517 g/mol. The number of amides is 3. The van der Waals surface area contributed by atoms with Crippen molar-refractivity contribution < 1.29 is 28.6 Å². The zero-order chi connectivity index (χ0) is 25.7. The third-order valence-corrected chi connectivity index (χ3v) is 7.16. The number of rotatable bonds is 8. The first kappa shape index (κ1) is 26.1. The molecule has 1 aromatic carbocycles. The summed E-state index contributed by atoms with van der Waals surface area (Å²) in [6.45, 7) is 5.97. The van der Waals surface area contributed by atoms with Gasteiger partial charge in [0.2, 0.25) is 11.8 Å². The van der Waals surface area contributed by atoms with Crippen molar-refractivity contribution in [3.63, 3.8) is 0 Å². The molecule has 10 nitrogen and oxygen atoms in total. The van der Waals surface area contributed by atoms with Crippen LogP contribution in [0, 0.1) is 0 Å². The number of hydrogen-bond donors (Lipinski definition) is 1. The summed E-state index contributed by atoms with van der Waals surface area (Å²) in [5, 5.41) is 4.92. The predicted octanol–water partition coefficient (Wildman–Crippen LogP) is 2.55. The van der Waals surface area contributed by atoms with Gasteiger partial charge in [0.1, 0.15) is 12.3 Å². The Kier molecular flexibility index (Phi) is 8.22. The van der Waals surface area contributed by atoms with Crippen LogP contribution in [-0.2, 0) is 25.5 Å². The predicted molar refractivity (Wildman–Crippen MR) is 134 cm³/mol. The van der Waals surface area contributed by atoms with Crippen molar-refractivity contribution in [1.82, 2.24) is 14.8 Å². The van der Waals surface area contributed by atoms with Crippen LogP contribution in [0.5, 0.6) is 5.75 Å². The fourth-order valence-corrected chi connectivity index (χ4v) is 5.02. The monoisotopic (exact) mass is 516 g/mol. The van der Waals surface area contributed by atoms with Crippen molar-refractivity contribution in [2.75, 3.05) is 45.3 Å². The molecule has 36 heavy (non-hydrogen) atoms. The molecule has 0 radical (unpaired) electrons. The van der Waals surface area contributed by atoms with Gasteiger partial charge in [-0.05, 0) is 38.1 Å². The van der Waals surface area contributed by atoms with Crippen molar-refractivity contribution in [3.8, 4) is 5.75 Å². The standard InChI is InChI=1S/C25H32N4O6S/c1-17(2)29(23(32)18-4-6-20(33-3)7-5-18)15-21(30)27-24-26-19(16-36-24)14-22(31)28-10-8-25(9-11-28)34-12-13-35-25/h4-7,16-17H,8-15H2,1-3H3,(H,26,27,30). The largest absolute Gasteiger partial charge is 0.497 e. The Balaban J connectivity index is 1.29. The van der Waals surface area contributed by atoms with Crippen molar-refractivity contribution >= 4 is 34.2 Å². The first-order chi connectivity index (χ1) is 17.3. The molecular weight excluding hydrogens is 484 g/mol. The van der Waals surface area contributed by atoms with E-state index in [2.05, 4.69) is 10.3 Å². The molecule has 0 bridgehead atoms. The van der Waals surface area contributed by atoms with Gasteiger partial charge in [0.25, 0.3) is 5.91 Å². The number of thiazole rings is 1. The summed E-state index contributed by atoms with van der Waals surface area (Å²) in [5.74, 6) is -0.477. The highest BCUT2D eigenvalue weighted by Crippen LogP contribution is 2.31. The Morgan fingerprint density at radius 2 is 1.83 bits per heavy atom. The Labute approximate surface area is 214 Å². The Bertz CT molecular complexity index is 1070. The maximum absolute atomic E-state index is 13.0. The molecule has 0 atom stereocenters. The fraction of sp³-hybridized carbons (Fsp3) is 0.520. The average Bonchev–Trinajstić information content (AvgIpc) is 3.52. The molecule has 1 N–H and O–H groups in total. The highest BCUT2D eigenvalue weighted by Gasteiger charge is 2.40. The molecule has 11 heteroatoms. The van der Waals surface area contributed by atoms with Crippen LogP contribution in [0.3, 0.4) is 0 Å². The van der Waals surface area contributed by atoms with E-state index in [1.54, 1.807) is 41.7 Å². The number of nitrogens with one attached hydrogen (secondary N) is 1. The highest BCUT2D eigenvalue weighted by molar-refractivity contribution is 7.13. The third-order valence-electron chi connectivity index (χ3n) is 6.36. The lowest BCUT2D eigenvalue weighted by Gasteiger charge is -2.37. The van der Waals surface area contributed by atoms with Gasteiger partial charge in [-0.1, -0.05) is 0 Å². The molecule has 4 rings (SSSR count). The van der Waals surface area contributed by atoms with Gasteiger partial charge in [-0.2, -0.15) is 0 Å². The van der Waals surface area contributed by atoms with Gasteiger partial charge in [0, 0.05) is 42.9 Å². The number of nitrogens with zero attached hydrogens (tertiary/aromatic N) is 3. The molecule has 3 heterocycles. The summed E-state index contributed by atoms with van der Waals surface area (Å²) in [6, 6.07) is 6.59. The third kappa shape index (κ3) is 6.21. The SMILES string of the molecule is COc1ccc(C(=O)N(CC(=O)Nc2nc(CC(=O)N3CCC4(CC3)OCCO4)cs2)C(C)C)cc1. The lowest BCUT2D eigenvalue weighted by atomic mass is 10.0. The van der Waals surface area contributed by atoms with E-state index in [9.17, 15) is 14.4 Å². The van der Waals surface area contributed by atoms with Crippen LogP contribution in [0.25, 0.3) is 0 Å². The second-order valence-electron chi connectivity index (χ2n) is 9.11. The minimum Gasteiger partial charge on any atom is -0.497 e. The van der Waals surface area contributed by atoms with Crippen molar-refractivity contribution in [1.29, 1.82) is 0 Å². The topological polar surface area (TPSA) is 110 Å². The van der Waals surface area contributed by atoms with E-state index < -0.39 is 5.79 Å². The summed E-state index contributed by atoms with van der Waals surface area (Å²) < 4.78 is 16.6. The van der Waals surface area contributed by atoms with Crippen molar-refractivity contribution in [3.05, 3.63) is 40.9 Å². The molecule has 1 aromatic heterocycles. The van der Waals surface area contributed by atoms with Crippen LogP contribution < -0.4 is 10.1 Å². The number of benzene rings is 1. The number of likely N-dealkylation sites (tertiary alicyclic amines) is 1. The number of anilines is 1. The zero-order valence-electron chi connectivity index (χ0n) is 20.8. The van der Waals surface area contributed by atoms with Gasteiger partial charge in [-0.3, -0.25) is 14.4 Å². The van der Waals surface area contributed by atoms with E-state index in [-0.39, 0.29) is 36.7 Å². The van der Waals surface area contributed by atoms with E-state index in [0.29, 0.717) is 61.3 Å². The van der Waals surface area contributed by atoms with E-state index in [0.717, 1.165) is 0 Å². The lowest BCUT2D eigenvalue weighted by Crippen LogP contribution is -2.47. The number of ether oxygens (including phenoxy) is 3. The van der Waals surface area contributed by atoms with Gasteiger partial charge >= 0.3 is 0 Å². The molecule has 194 valence electrons. The molecule has 2 saturated heterocycles.